The summed E-state index contributed by atoms with van der Waals surface area (Å²) in [6, 6.07) is 23.2. The van der Waals surface area contributed by atoms with E-state index in [4.69, 9.17) is 28.4 Å². The molecule has 0 amide bonds. The van der Waals surface area contributed by atoms with Crippen LogP contribution in [0.3, 0.4) is 0 Å². The van der Waals surface area contributed by atoms with Crippen molar-refractivity contribution in [2.24, 2.45) is 11.8 Å². The Kier molecular flexibility index (Phi) is 13.0. The second-order valence-electron chi connectivity index (χ2n) is 16.2. The van der Waals surface area contributed by atoms with Crippen molar-refractivity contribution in [3.8, 4) is 34.8 Å². The number of methoxy groups -OCH3 is 4. The van der Waals surface area contributed by atoms with Gasteiger partial charge in [-0.1, -0.05) is 43.7 Å². The molecule has 16 heteroatoms. The Morgan fingerprint density at radius 1 is 0.545 bits per heavy atom. The van der Waals surface area contributed by atoms with Crippen molar-refractivity contribution in [3.63, 3.8) is 0 Å². The van der Waals surface area contributed by atoms with Crippen LogP contribution in [0.2, 0.25) is 0 Å². The summed E-state index contributed by atoms with van der Waals surface area (Å²) in [5.74, 6) is 5.96. The molecule has 6 heterocycles. The maximum atomic E-state index is 6.39. The highest BCUT2D eigenvalue weighted by Crippen LogP contribution is 2.39. The SMILES string of the molecule is C=CCC1CN(c2ncnc3cc(OC)c(OC)cc23)CC1Oc1cnc2ccccc2n1.CCCC1CN(c2ncnc3cc(OC)c(OC)cc23)CC1Oc1cnc2ccccc2n1. The third-order valence-corrected chi connectivity index (χ3v) is 12.1. The standard InChI is InChI=1S/C25H27N5O3.C25H25N5O3/c2*1-4-7-16-13-30(14-23(16)33-24-12-26-18-8-5-6-9-19(18)29-24)25-17-10-21(31-2)22(32-3)11-20(17)27-15-28-25/h5-6,8-12,15-16,23H,4,7,13-14H2,1-3H3;4-6,8-12,15-16,23H,1,7,13-14H2,2-3H3. The Morgan fingerprint density at radius 3 is 1.44 bits per heavy atom. The number of benzene rings is 4. The Bertz CT molecular complexity index is 2990. The van der Waals surface area contributed by atoms with E-state index in [9.17, 15) is 0 Å². The maximum absolute atomic E-state index is 6.39. The number of rotatable bonds is 14. The number of anilines is 2. The smallest absolute Gasteiger partial charge is 0.233 e. The van der Waals surface area contributed by atoms with E-state index in [0.29, 0.717) is 53.8 Å². The fourth-order valence-electron chi connectivity index (χ4n) is 8.93. The first-order valence-electron chi connectivity index (χ1n) is 22.0. The molecule has 2 saturated heterocycles. The van der Waals surface area contributed by atoms with E-state index < -0.39 is 0 Å². The normalized spacial score (nSPS) is 18.0. The van der Waals surface area contributed by atoms with Gasteiger partial charge in [0.2, 0.25) is 11.8 Å². The van der Waals surface area contributed by atoms with E-state index in [1.807, 2.05) is 78.9 Å². The Balaban J connectivity index is 0.000000166. The van der Waals surface area contributed by atoms with E-state index >= 15 is 0 Å². The number of para-hydroxylation sites is 4. The van der Waals surface area contributed by atoms with Gasteiger partial charge in [-0.05, 0) is 49.2 Å². The minimum Gasteiger partial charge on any atom is -0.493 e. The van der Waals surface area contributed by atoms with Crippen LogP contribution in [0.1, 0.15) is 26.2 Å². The minimum atomic E-state index is -0.0800. The van der Waals surface area contributed by atoms with Crippen LogP contribution in [0.5, 0.6) is 34.8 Å². The van der Waals surface area contributed by atoms with Gasteiger partial charge in [-0.15, -0.1) is 6.58 Å². The lowest BCUT2D eigenvalue weighted by Gasteiger charge is -2.20. The molecule has 8 aromatic rings. The number of nitrogens with zero attached hydrogens (tertiary/aromatic N) is 10. The summed E-state index contributed by atoms with van der Waals surface area (Å²) < 4.78 is 34.6. The first kappa shape index (κ1) is 43.6. The van der Waals surface area contributed by atoms with Crippen LogP contribution in [0.4, 0.5) is 11.6 Å². The first-order valence-corrected chi connectivity index (χ1v) is 22.0. The van der Waals surface area contributed by atoms with Gasteiger partial charge in [0.1, 0.15) is 36.5 Å². The summed E-state index contributed by atoms with van der Waals surface area (Å²) >= 11 is 0. The Hall–Kier alpha value is -7.62. The molecule has 2 fully saturated rings. The minimum absolute atomic E-state index is 0.00873. The predicted octanol–water partition coefficient (Wildman–Crippen LogP) is 8.32. The number of hydrogen-bond acceptors (Lipinski definition) is 16. The number of allylic oxidation sites excluding steroid dienone is 1. The van der Waals surface area contributed by atoms with Gasteiger partial charge in [-0.25, -0.2) is 39.9 Å². The fourth-order valence-corrected chi connectivity index (χ4v) is 8.93. The fraction of sp³-hybridized carbons (Fsp3) is 0.320. The van der Waals surface area contributed by atoms with Crippen LogP contribution in [-0.4, -0.2) is 107 Å². The molecule has 0 saturated carbocycles. The zero-order valence-electron chi connectivity index (χ0n) is 37.7. The van der Waals surface area contributed by atoms with Crippen LogP contribution in [0, 0.1) is 11.8 Å². The van der Waals surface area contributed by atoms with Gasteiger partial charge >= 0.3 is 0 Å². The van der Waals surface area contributed by atoms with E-state index in [2.05, 4.69) is 63.2 Å². The Labute approximate surface area is 382 Å². The van der Waals surface area contributed by atoms with E-state index in [0.717, 1.165) is 87.9 Å². The molecule has 0 aliphatic carbocycles. The Morgan fingerprint density at radius 2 is 0.985 bits per heavy atom. The van der Waals surface area contributed by atoms with Crippen molar-refractivity contribution < 1.29 is 28.4 Å². The van der Waals surface area contributed by atoms with Crippen LogP contribution in [0.15, 0.2) is 110 Å². The van der Waals surface area contributed by atoms with Crippen molar-refractivity contribution in [3.05, 3.63) is 110 Å². The molecule has 10 rings (SSSR count). The lowest BCUT2D eigenvalue weighted by Crippen LogP contribution is -2.27. The summed E-state index contributed by atoms with van der Waals surface area (Å²) in [6.07, 6.45) is 11.4. The monoisotopic (exact) mass is 888 g/mol. The van der Waals surface area contributed by atoms with Crippen LogP contribution < -0.4 is 38.2 Å². The molecule has 2 aliphatic rings. The highest BCUT2D eigenvalue weighted by molar-refractivity contribution is 5.93. The van der Waals surface area contributed by atoms with Crippen LogP contribution in [0.25, 0.3) is 43.9 Å². The van der Waals surface area contributed by atoms with Gasteiger partial charge in [-0.2, -0.15) is 0 Å². The molecule has 4 aromatic heterocycles. The third-order valence-electron chi connectivity index (χ3n) is 12.1. The van der Waals surface area contributed by atoms with Crippen molar-refractivity contribution in [2.45, 2.75) is 38.4 Å². The van der Waals surface area contributed by atoms with Gasteiger partial charge in [0.15, 0.2) is 23.0 Å². The van der Waals surface area contributed by atoms with Crippen molar-refractivity contribution in [1.29, 1.82) is 0 Å². The lowest BCUT2D eigenvalue weighted by atomic mass is 10.0. The number of aromatic nitrogens is 8. The van der Waals surface area contributed by atoms with Crippen LogP contribution >= 0.6 is 0 Å². The summed E-state index contributed by atoms with van der Waals surface area (Å²) in [4.78, 5) is 40.9. The average molecular weight is 889 g/mol. The van der Waals surface area contributed by atoms with Crippen molar-refractivity contribution in [1.82, 2.24) is 39.9 Å². The van der Waals surface area contributed by atoms with Crippen molar-refractivity contribution >= 4 is 55.5 Å². The second kappa shape index (κ2) is 19.6. The molecule has 0 radical (unpaired) electrons. The summed E-state index contributed by atoms with van der Waals surface area (Å²) in [6.45, 7) is 9.13. The number of fused-ring (bicyclic) bond motifs is 4. The molecule has 4 unspecified atom stereocenters. The molecule has 0 N–H and O–H groups in total. The van der Waals surface area contributed by atoms with Gasteiger partial charge in [0, 0.05) is 47.8 Å². The van der Waals surface area contributed by atoms with Crippen LogP contribution in [-0.2, 0) is 0 Å². The molecule has 16 nitrogen and oxygen atoms in total. The van der Waals surface area contributed by atoms with E-state index in [-0.39, 0.29) is 18.1 Å². The topological polar surface area (TPSA) is 165 Å². The lowest BCUT2D eigenvalue weighted by molar-refractivity contribution is 0.161. The van der Waals surface area contributed by atoms with Gasteiger partial charge in [0.05, 0.1) is 87.0 Å². The molecule has 66 heavy (non-hydrogen) atoms. The quantitative estimate of drug-likeness (QED) is 0.0956. The third kappa shape index (κ3) is 9.03. The number of hydrogen-bond donors (Lipinski definition) is 0. The molecule has 4 aromatic carbocycles. The first-order chi connectivity index (χ1) is 32.4. The molecule has 0 bridgehead atoms. The van der Waals surface area contributed by atoms with Crippen molar-refractivity contribution in [2.75, 3.05) is 64.4 Å². The second-order valence-corrected chi connectivity index (χ2v) is 16.2. The highest BCUT2D eigenvalue weighted by Gasteiger charge is 2.37. The van der Waals surface area contributed by atoms with E-state index in [1.165, 1.54) is 0 Å². The van der Waals surface area contributed by atoms with E-state index in [1.54, 1.807) is 53.5 Å². The molecule has 4 atom stereocenters. The van der Waals surface area contributed by atoms with Gasteiger partial charge in [0.25, 0.3) is 0 Å². The summed E-state index contributed by atoms with van der Waals surface area (Å²) in [5, 5.41) is 1.83. The predicted molar refractivity (Wildman–Crippen MR) is 254 cm³/mol. The maximum Gasteiger partial charge on any atom is 0.233 e. The zero-order valence-corrected chi connectivity index (χ0v) is 37.7. The average Bonchev–Trinajstić information content (AvgIpc) is 3.95. The van der Waals surface area contributed by atoms with Gasteiger partial charge < -0.3 is 38.2 Å². The largest absolute Gasteiger partial charge is 0.493 e. The summed E-state index contributed by atoms with van der Waals surface area (Å²) in [5.41, 5.74) is 4.96. The van der Waals surface area contributed by atoms with Gasteiger partial charge in [-0.3, -0.25) is 0 Å². The summed E-state index contributed by atoms with van der Waals surface area (Å²) in [7, 11) is 6.50. The molecular formula is C50H52N10O6. The number of ether oxygens (including phenoxy) is 6. The zero-order chi connectivity index (χ0) is 45.6. The molecule has 2 aliphatic heterocycles. The highest BCUT2D eigenvalue weighted by atomic mass is 16.5. The molecule has 338 valence electrons. The molecule has 0 spiro atoms. The molecular weight excluding hydrogens is 837 g/mol.